The molecule has 120 valence electrons. The highest BCUT2D eigenvalue weighted by Crippen LogP contribution is 2.78. The molecule has 3 aromatic rings. The molecule has 2 aromatic heterocycles. The van der Waals surface area contributed by atoms with Crippen LogP contribution in [0.4, 0.5) is 5.69 Å². The van der Waals surface area contributed by atoms with Crippen LogP contribution in [0.25, 0.3) is 10.9 Å². The van der Waals surface area contributed by atoms with Crippen LogP contribution in [0, 0.1) is 29.6 Å². The van der Waals surface area contributed by atoms with E-state index in [0.717, 1.165) is 35.5 Å². The highest BCUT2D eigenvalue weighted by Gasteiger charge is 2.71. The number of hydrogen-bond acceptors (Lipinski definition) is 3. The first-order valence-corrected chi connectivity index (χ1v) is 10.1. The van der Waals surface area contributed by atoms with Crippen LogP contribution in [-0.2, 0) is 0 Å². The number of nitrogens with zero attached hydrogens (tertiary/aromatic N) is 1. The van der Waals surface area contributed by atoms with E-state index in [0.29, 0.717) is 6.04 Å². The van der Waals surface area contributed by atoms with E-state index in [1.807, 2.05) is 11.3 Å². The molecule has 7 rings (SSSR count). The molecule has 2 N–H and O–H groups in total. The van der Waals surface area contributed by atoms with E-state index in [1.165, 1.54) is 34.3 Å². The summed E-state index contributed by atoms with van der Waals surface area (Å²) >= 11 is 1.92. The van der Waals surface area contributed by atoms with E-state index in [4.69, 9.17) is 0 Å². The highest BCUT2D eigenvalue weighted by molar-refractivity contribution is 7.10. The summed E-state index contributed by atoms with van der Waals surface area (Å²) in [7, 11) is 0. The predicted molar refractivity (Wildman–Crippen MR) is 96.2 cm³/mol. The normalized spacial score (nSPS) is 40.9. The van der Waals surface area contributed by atoms with Crippen LogP contribution in [-0.4, -0.2) is 10.2 Å². The van der Waals surface area contributed by atoms with Crippen LogP contribution in [0.2, 0.25) is 0 Å². The van der Waals surface area contributed by atoms with Gasteiger partial charge in [-0.1, -0.05) is 6.07 Å². The van der Waals surface area contributed by atoms with Crippen LogP contribution in [0.15, 0.2) is 35.8 Å². The largest absolute Gasteiger partial charge is 0.377 e. The zero-order chi connectivity index (χ0) is 15.4. The molecule has 4 unspecified atom stereocenters. The number of H-pyrrole nitrogens is 1. The van der Waals surface area contributed by atoms with Crippen LogP contribution >= 0.6 is 11.3 Å². The Labute approximate surface area is 144 Å². The average molecular weight is 333 g/mol. The summed E-state index contributed by atoms with van der Waals surface area (Å²) in [6.07, 6.45) is 4.98. The smallest absolute Gasteiger partial charge is 0.0654 e. The van der Waals surface area contributed by atoms with E-state index in [2.05, 4.69) is 51.4 Å². The Morgan fingerprint density at radius 1 is 1.04 bits per heavy atom. The maximum absolute atomic E-state index is 4.33. The Bertz CT molecular complexity index is 959. The fraction of sp³-hybridized carbons (Fsp3) is 0.450. The molecule has 0 bridgehead atoms. The monoisotopic (exact) mass is 333 g/mol. The SMILES string of the molecule is c1csc([C@@H]2Nc3ccc4[nH]ncc4c3[C@H]3C4C5CCC(C54)[C@@H]23)c1. The molecule has 3 fully saturated rings. The molecule has 7 atom stereocenters. The van der Waals surface area contributed by atoms with Crippen molar-refractivity contribution in [1.29, 1.82) is 0 Å². The van der Waals surface area contributed by atoms with Crippen molar-refractivity contribution in [3.63, 3.8) is 0 Å². The van der Waals surface area contributed by atoms with Crippen molar-refractivity contribution >= 4 is 27.9 Å². The molecule has 0 radical (unpaired) electrons. The number of rotatable bonds is 1. The summed E-state index contributed by atoms with van der Waals surface area (Å²) < 4.78 is 0. The Morgan fingerprint density at radius 2 is 1.96 bits per heavy atom. The molecule has 0 amide bonds. The Balaban J connectivity index is 1.49. The molecule has 24 heavy (non-hydrogen) atoms. The van der Waals surface area contributed by atoms with Gasteiger partial charge in [0.15, 0.2) is 0 Å². The molecular weight excluding hydrogens is 314 g/mol. The maximum Gasteiger partial charge on any atom is 0.0654 e. The molecular formula is C20H19N3S. The zero-order valence-electron chi connectivity index (χ0n) is 13.3. The molecule has 4 heteroatoms. The molecule has 1 aromatic carbocycles. The maximum atomic E-state index is 4.33. The molecule has 1 aliphatic heterocycles. The van der Waals surface area contributed by atoms with Gasteiger partial charge in [0.1, 0.15) is 0 Å². The van der Waals surface area contributed by atoms with Gasteiger partial charge in [-0.25, -0.2) is 0 Å². The summed E-state index contributed by atoms with van der Waals surface area (Å²) in [4.78, 5) is 1.52. The van der Waals surface area contributed by atoms with Gasteiger partial charge in [0, 0.05) is 16.0 Å². The van der Waals surface area contributed by atoms with Gasteiger partial charge in [0.2, 0.25) is 0 Å². The fourth-order valence-corrected chi connectivity index (χ4v) is 7.66. The summed E-state index contributed by atoms with van der Waals surface area (Å²) in [6, 6.07) is 9.51. The third-order valence-corrected chi connectivity index (χ3v) is 8.44. The fourth-order valence-electron chi connectivity index (χ4n) is 6.83. The first-order chi connectivity index (χ1) is 11.9. The molecule has 3 aliphatic carbocycles. The van der Waals surface area contributed by atoms with Crippen LogP contribution in [0.3, 0.4) is 0 Å². The third kappa shape index (κ3) is 1.32. The van der Waals surface area contributed by atoms with Crippen LogP contribution in [0.1, 0.15) is 35.2 Å². The number of hydrogen-bond donors (Lipinski definition) is 2. The summed E-state index contributed by atoms with van der Waals surface area (Å²) in [5.41, 5.74) is 4.12. The number of benzene rings is 1. The Hall–Kier alpha value is -1.81. The second-order valence-electron chi connectivity index (χ2n) is 8.16. The standard InChI is InChI=1S/C20H19N3S/c1-2-14(24-7-1)20-18-10-4-3-9-15(10)17(9)19(18)16-11-8-21-23-12(11)5-6-13(16)22-20/h1-2,5-10,15,17-20,22H,3-4H2,(H,21,23)/t9?,10?,15?,17?,18-,19+,20+/m1/s1. The minimum atomic E-state index is 0.503. The Kier molecular flexibility index (Phi) is 2.12. The number of aromatic amines is 1. The van der Waals surface area contributed by atoms with Crippen molar-refractivity contribution in [3.8, 4) is 0 Å². The third-order valence-electron chi connectivity index (χ3n) is 7.49. The topological polar surface area (TPSA) is 40.7 Å². The van der Waals surface area contributed by atoms with Crippen molar-refractivity contribution in [3.05, 3.63) is 46.3 Å². The van der Waals surface area contributed by atoms with E-state index in [9.17, 15) is 0 Å². The van der Waals surface area contributed by atoms with E-state index >= 15 is 0 Å². The zero-order valence-corrected chi connectivity index (χ0v) is 14.1. The quantitative estimate of drug-likeness (QED) is 0.673. The molecule has 0 spiro atoms. The number of fused-ring (bicyclic) bond motifs is 8. The lowest BCUT2D eigenvalue weighted by Gasteiger charge is -2.41. The molecule has 4 aliphatic rings. The van der Waals surface area contributed by atoms with E-state index < -0.39 is 0 Å². The van der Waals surface area contributed by atoms with Crippen LogP contribution < -0.4 is 5.32 Å². The summed E-state index contributed by atoms with van der Waals surface area (Å²) in [5, 5.41) is 15.0. The summed E-state index contributed by atoms with van der Waals surface area (Å²) in [6.45, 7) is 0. The van der Waals surface area contributed by atoms with Crippen LogP contribution in [0.5, 0.6) is 0 Å². The number of aromatic nitrogens is 2. The highest BCUT2D eigenvalue weighted by atomic mass is 32.1. The van der Waals surface area contributed by atoms with Gasteiger partial charge < -0.3 is 5.32 Å². The first kappa shape index (κ1) is 12.5. The summed E-state index contributed by atoms with van der Waals surface area (Å²) in [5.74, 6) is 5.41. The molecule has 3 saturated carbocycles. The van der Waals surface area contributed by atoms with Crippen molar-refractivity contribution < 1.29 is 0 Å². The van der Waals surface area contributed by atoms with Crippen molar-refractivity contribution in [2.75, 3.05) is 5.32 Å². The molecule has 3 nitrogen and oxygen atoms in total. The van der Waals surface area contributed by atoms with Crippen molar-refractivity contribution in [2.24, 2.45) is 29.6 Å². The van der Waals surface area contributed by atoms with Gasteiger partial charge in [-0.05, 0) is 77.5 Å². The number of anilines is 1. The van der Waals surface area contributed by atoms with E-state index in [1.54, 1.807) is 5.56 Å². The Morgan fingerprint density at radius 3 is 2.83 bits per heavy atom. The van der Waals surface area contributed by atoms with E-state index in [-0.39, 0.29) is 0 Å². The van der Waals surface area contributed by atoms with Crippen molar-refractivity contribution in [1.82, 2.24) is 10.2 Å². The first-order valence-electron chi connectivity index (χ1n) is 9.18. The average Bonchev–Trinajstić information content (AvgIpc) is 3.15. The lowest BCUT2D eigenvalue weighted by Crippen LogP contribution is -2.33. The van der Waals surface area contributed by atoms with Gasteiger partial charge in [0.05, 0.1) is 17.8 Å². The van der Waals surface area contributed by atoms with Gasteiger partial charge >= 0.3 is 0 Å². The van der Waals surface area contributed by atoms with Crippen molar-refractivity contribution in [2.45, 2.75) is 24.8 Å². The number of thiophene rings is 1. The molecule has 0 saturated heterocycles. The predicted octanol–water partition coefficient (Wildman–Crippen LogP) is 4.78. The second kappa shape index (κ2) is 4.05. The minimum Gasteiger partial charge on any atom is -0.377 e. The lowest BCUT2D eigenvalue weighted by molar-refractivity contribution is 0.282. The lowest BCUT2D eigenvalue weighted by atomic mass is 9.72. The van der Waals surface area contributed by atoms with Gasteiger partial charge in [0.25, 0.3) is 0 Å². The van der Waals surface area contributed by atoms with Gasteiger partial charge in [-0.3, -0.25) is 5.10 Å². The minimum absolute atomic E-state index is 0.503. The van der Waals surface area contributed by atoms with Gasteiger partial charge in [-0.2, -0.15) is 5.10 Å². The number of nitrogens with one attached hydrogen (secondary N) is 2. The molecule has 3 heterocycles. The second-order valence-corrected chi connectivity index (χ2v) is 9.14. The van der Waals surface area contributed by atoms with Gasteiger partial charge in [-0.15, -0.1) is 11.3 Å².